The van der Waals surface area contributed by atoms with Crippen LogP contribution < -0.4 is 0 Å². The molecule has 15 heavy (non-hydrogen) atoms. The van der Waals surface area contributed by atoms with Crippen molar-refractivity contribution in [2.75, 3.05) is 6.61 Å². The zero-order valence-corrected chi connectivity index (χ0v) is 11.5. The summed E-state index contributed by atoms with van der Waals surface area (Å²) in [5.41, 5.74) is 1.05. The molecule has 0 unspecified atom stereocenters. The first-order valence-electron chi connectivity index (χ1n) is 4.66. The van der Waals surface area contributed by atoms with Gasteiger partial charge in [0.15, 0.2) is 0 Å². The number of hydrogen-bond acceptors (Lipinski definition) is 2. The van der Waals surface area contributed by atoms with Gasteiger partial charge in [0.1, 0.15) is 4.83 Å². The van der Waals surface area contributed by atoms with Gasteiger partial charge in [0, 0.05) is 0 Å². The Hall–Kier alpha value is -0.350. The van der Waals surface area contributed by atoms with Crippen LogP contribution in [0.25, 0.3) is 0 Å². The first-order valence-corrected chi connectivity index (χ1v) is 6.49. The monoisotopic (exact) mass is 334 g/mol. The first-order chi connectivity index (χ1) is 7.16. The standard InChI is InChI=1S/C11H12Br2O2/c1-2-15-11(14)10(13)9(12)8-6-4-3-5-7-8/h3-7,9-10H,2H2,1H3/t9-,10+/m0/s1. The van der Waals surface area contributed by atoms with E-state index in [4.69, 9.17) is 4.74 Å². The minimum Gasteiger partial charge on any atom is -0.465 e. The fraction of sp³-hybridized carbons (Fsp3) is 0.364. The maximum absolute atomic E-state index is 11.5. The number of benzene rings is 1. The molecule has 1 rings (SSSR count). The molecule has 0 fully saturated rings. The Balaban J connectivity index is 2.68. The van der Waals surface area contributed by atoms with E-state index in [2.05, 4.69) is 31.9 Å². The number of carbonyl (C=O) groups excluding carboxylic acids is 1. The smallest absolute Gasteiger partial charge is 0.321 e. The summed E-state index contributed by atoms with van der Waals surface area (Å²) >= 11 is 6.80. The molecule has 2 nitrogen and oxygen atoms in total. The van der Waals surface area contributed by atoms with Crippen molar-refractivity contribution >= 4 is 37.8 Å². The molecule has 0 N–H and O–H groups in total. The van der Waals surface area contributed by atoms with Crippen molar-refractivity contribution in [1.82, 2.24) is 0 Å². The van der Waals surface area contributed by atoms with Gasteiger partial charge in [-0.05, 0) is 12.5 Å². The van der Waals surface area contributed by atoms with Crippen LogP contribution >= 0.6 is 31.9 Å². The molecule has 0 bridgehead atoms. The molecule has 0 radical (unpaired) electrons. The highest BCUT2D eigenvalue weighted by atomic mass is 79.9. The van der Waals surface area contributed by atoms with Gasteiger partial charge in [0.2, 0.25) is 0 Å². The van der Waals surface area contributed by atoms with Crippen molar-refractivity contribution in [3.63, 3.8) is 0 Å². The topological polar surface area (TPSA) is 26.3 Å². The largest absolute Gasteiger partial charge is 0.465 e. The Morgan fingerprint density at radius 2 is 1.93 bits per heavy atom. The van der Waals surface area contributed by atoms with Crippen LogP contribution in [-0.2, 0) is 9.53 Å². The Morgan fingerprint density at radius 3 is 2.47 bits per heavy atom. The van der Waals surface area contributed by atoms with Gasteiger partial charge in [-0.3, -0.25) is 4.79 Å². The van der Waals surface area contributed by atoms with Crippen LogP contribution in [-0.4, -0.2) is 17.4 Å². The average molecular weight is 336 g/mol. The summed E-state index contributed by atoms with van der Waals surface area (Å²) in [5.74, 6) is -0.247. The molecule has 0 heterocycles. The van der Waals surface area contributed by atoms with Crippen molar-refractivity contribution in [2.24, 2.45) is 0 Å². The van der Waals surface area contributed by atoms with Crippen LogP contribution in [0.2, 0.25) is 0 Å². The van der Waals surface area contributed by atoms with Gasteiger partial charge in [-0.15, -0.1) is 0 Å². The van der Waals surface area contributed by atoms with Crippen molar-refractivity contribution in [3.8, 4) is 0 Å². The molecule has 0 aromatic heterocycles. The molecule has 0 spiro atoms. The van der Waals surface area contributed by atoms with Gasteiger partial charge < -0.3 is 4.74 Å². The minimum absolute atomic E-state index is 0.0715. The third kappa shape index (κ3) is 3.61. The summed E-state index contributed by atoms with van der Waals surface area (Å²) in [5, 5.41) is 0. The number of rotatable bonds is 4. The molecule has 0 saturated heterocycles. The summed E-state index contributed by atoms with van der Waals surface area (Å²) in [6.07, 6.45) is 0. The van der Waals surface area contributed by atoms with Crippen molar-refractivity contribution in [2.45, 2.75) is 16.6 Å². The molecule has 4 heteroatoms. The highest BCUT2D eigenvalue weighted by molar-refractivity contribution is 9.12. The average Bonchev–Trinajstić information content (AvgIpc) is 2.28. The molecule has 2 atom stereocenters. The van der Waals surface area contributed by atoms with Gasteiger partial charge in [0.05, 0.1) is 11.4 Å². The lowest BCUT2D eigenvalue weighted by atomic mass is 10.1. The van der Waals surface area contributed by atoms with E-state index >= 15 is 0 Å². The Kier molecular flexibility index (Phi) is 5.32. The van der Waals surface area contributed by atoms with Gasteiger partial charge >= 0.3 is 5.97 Å². The molecule has 0 amide bonds. The van der Waals surface area contributed by atoms with Gasteiger partial charge in [0.25, 0.3) is 0 Å². The van der Waals surface area contributed by atoms with E-state index in [0.717, 1.165) is 5.56 Å². The molecule has 0 aliphatic rings. The van der Waals surface area contributed by atoms with Gasteiger partial charge in [-0.25, -0.2) is 0 Å². The predicted molar refractivity (Wildman–Crippen MR) is 67.5 cm³/mol. The molecule has 0 aliphatic carbocycles. The lowest BCUT2D eigenvalue weighted by Gasteiger charge is -2.15. The number of esters is 1. The highest BCUT2D eigenvalue weighted by Gasteiger charge is 2.25. The number of alkyl halides is 2. The first kappa shape index (κ1) is 12.7. The molecule has 0 aliphatic heterocycles. The second-order valence-corrected chi connectivity index (χ2v) is 4.94. The normalized spacial score (nSPS) is 14.3. The van der Waals surface area contributed by atoms with Crippen LogP contribution in [0.1, 0.15) is 17.3 Å². The van der Waals surface area contributed by atoms with Crippen LogP contribution in [0.15, 0.2) is 30.3 Å². The maximum Gasteiger partial charge on any atom is 0.321 e. The van der Waals surface area contributed by atoms with Crippen molar-refractivity contribution in [3.05, 3.63) is 35.9 Å². The maximum atomic E-state index is 11.5. The third-order valence-corrected chi connectivity index (χ3v) is 4.56. The van der Waals surface area contributed by atoms with Crippen LogP contribution in [0.4, 0.5) is 0 Å². The Bertz CT molecular complexity index is 314. The number of carbonyl (C=O) groups is 1. The van der Waals surface area contributed by atoms with E-state index in [0.29, 0.717) is 6.61 Å². The van der Waals surface area contributed by atoms with E-state index in [1.54, 1.807) is 6.92 Å². The Labute approximate surface area is 106 Å². The molecular formula is C11H12Br2O2. The van der Waals surface area contributed by atoms with Gasteiger partial charge in [-0.2, -0.15) is 0 Å². The second-order valence-electron chi connectivity index (χ2n) is 2.97. The molecule has 1 aromatic rings. The molecular weight excluding hydrogens is 324 g/mol. The summed E-state index contributed by atoms with van der Waals surface area (Å²) in [7, 11) is 0. The van der Waals surface area contributed by atoms with E-state index in [-0.39, 0.29) is 15.6 Å². The molecule has 82 valence electrons. The summed E-state index contributed by atoms with van der Waals surface area (Å²) in [6.45, 7) is 2.19. The lowest BCUT2D eigenvalue weighted by Crippen LogP contribution is -2.21. The minimum atomic E-state index is -0.361. The van der Waals surface area contributed by atoms with E-state index in [9.17, 15) is 4.79 Å². The van der Waals surface area contributed by atoms with E-state index < -0.39 is 0 Å². The van der Waals surface area contributed by atoms with Crippen LogP contribution in [0.5, 0.6) is 0 Å². The van der Waals surface area contributed by atoms with Gasteiger partial charge in [-0.1, -0.05) is 62.2 Å². The summed E-state index contributed by atoms with van der Waals surface area (Å²) < 4.78 is 4.93. The highest BCUT2D eigenvalue weighted by Crippen LogP contribution is 2.31. The van der Waals surface area contributed by atoms with Crippen molar-refractivity contribution < 1.29 is 9.53 Å². The van der Waals surface area contributed by atoms with E-state index in [1.807, 2.05) is 30.3 Å². The number of ether oxygens (including phenoxy) is 1. The number of hydrogen-bond donors (Lipinski definition) is 0. The Morgan fingerprint density at radius 1 is 1.33 bits per heavy atom. The fourth-order valence-corrected chi connectivity index (χ4v) is 2.11. The summed E-state index contributed by atoms with van der Waals surface area (Å²) in [4.78, 5) is 11.0. The molecule has 0 saturated carbocycles. The SMILES string of the molecule is CCOC(=O)[C@H](Br)[C@@H](Br)c1ccccc1. The van der Waals surface area contributed by atoms with Crippen LogP contribution in [0, 0.1) is 0 Å². The quantitative estimate of drug-likeness (QED) is 0.622. The van der Waals surface area contributed by atoms with Crippen molar-refractivity contribution in [1.29, 1.82) is 0 Å². The molecule has 1 aromatic carbocycles. The number of halogens is 2. The van der Waals surface area contributed by atoms with E-state index in [1.165, 1.54) is 0 Å². The second kappa shape index (κ2) is 6.28. The van der Waals surface area contributed by atoms with Crippen LogP contribution in [0.3, 0.4) is 0 Å². The zero-order chi connectivity index (χ0) is 11.3. The fourth-order valence-electron chi connectivity index (χ4n) is 1.15. The third-order valence-electron chi connectivity index (χ3n) is 1.89. The predicted octanol–water partition coefficient (Wildman–Crippen LogP) is 3.45. The zero-order valence-electron chi connectivity index (χ0n) is 8.32. The summed E-state index contributed by atoms with van der Waals surface area (Å²) in [6, 6.07) is 9.75. The lowest BCUT2D eigenvalue weighted by molar-refractivity contribution is -0.142.